The molecule has 0 aliphatic heterocycles. The predicted molar refractivity (Wildman–Crippen MR) is 80.6 cm³/mol. The van der Waals surface area contributed by atoms with Gasteiger partial charge in [0.15, 0.2) is 0 Å². The Morgan fingerprint density at radius 1 is 0.762 bits per heavy atom. The van der Waals surface area contributed by atoms with Crippen molar-refractivity contribution in [2.75, 3.05) is 0 Å². The Hall–Kier alpha value is -2.01. The molecule has 0 aromatic heterocycles. The molecule has 0 heterocycles. The van der Waals surface area contributed by atoms with Gasteiger partial charge < -0.3 is 10.2 Å². The van der Waals surface area contributed by atoms with Crippen LogP contribution in [-0.4, -0.2) is 18.6 Å². The van der Waals surface area contributed by atoms with Crippen LogP contribution in [0.25, 0.3) is 0 Å². The third-order valence-electron chi connectivity index (χ3n) is 3.64. The average Bonchev–Trinajstić information content (AvgIpc) is 2.39. The Labute approximate surface area is 124 Å². The molecule has 0 amide bonds. The van der Waals surface area contributed by atoms with Crippen LogP contribution in [0.2, 0.25) is 0 Å². The topological polar surface area (TPSA) is 74.6 Å². The average molecular weight is 306 g/mol. The minimum absolute atomic E-state index is 0.0477. The summed E-state index contributed by atoms with van der Waals surface area (Å²) in [5.41, 5.74) is 1.79. The lowest BCUT2D eigenvalue weighted by atomic mass is 10.1. The van der Waals surface area contributed by atoms with Crippen molar-refractivity contribution in [2.45, 2.75) is 37.5 Å². The lowest BCUT2D eigenvalue weighted by Gasteiger charge is -2.16. The molecular formula is C16H18O4S. The summed E-state index contributed by atoms with van der Waals surface area (Å²) in [6.45, 7) is 6.51. The summed E-state index contributed by atoms with van der Waals surface area (Å²) in [4.78, 5) is -0.0502. The Kier molecular flexibility index (Phi) is 3.72. The minimum atomic E-state index is -3.92. The molecule has 4 nitrogen and oxygen atoms in total. The van der Waals surface area contributed by atoms with E-state index in [0.717, 1.165) is 0 Å². The quantitative estimate of drug-likeness (QED) is 0.893. The molecule has 2 rings (SSSR count). The first-order chi connectivity index (χ1) is 9.67. The first kappa shape index (κ1) is 15.4. The normalized spacial score (nSPS) is 11.6. The highest BCUT2D eigenvalue weighted by atomic mass is 32.2. The van der Waals surface area contributed by atoms with E-state index in [2.05, 4.69) is 0 Å². The molecule has 0 spiro atoms. The second-order valence-corrected chi connectivity index (χ2v) is 7.06. The van der Waals surface area contributed by atoms with Crippen molar-refractivity contribution in [3.63, 3.8) is 0 Å². The van der Waals surface area contributed by atoms with Crippen molar-refractivity contribution in [3.8, 4) is 11.5 Å². The van der Waals surface area contributed by atoms with Gasteiger partial charge in [0.1, 0.15) is 16.4 Å². The third-order valence-corrected chi connectivity index (χ3v) is 5.86. The zero-order chi connectivity index (χ0) is 15.9. The largest absolute Gasteiger partial charge is 0.508 e. The molecule has 112 valence electrons. The number of hydrogen-bond acceptors (Lipinski definition) is 4. The molecule has 0 fully saturated rings. The Morgan fingerprint density at radius 3 is 1.86 bits per heavy atom. The van der Waals surface area contributed by atoms with Crippen LogP contribution in [0.5, 0.6) is 11.5 Å². The Balaban J connectivity index is 2.88. The van der Waals surface area contributed by atoms with E-state index in [9.17, 15) is 18.6 Å². The fraction of sp³-hybridized carbons (Fsp3) is 0.250. The van der Waals surface area contributed by atoms with Crippen LogP contribution in [0, 0.1) is 27.7 Å². The van der Waals surface area contributed by atoms with Gasteiger partial charge in [0, 0.05) is 5.56 Å². The van der Waals surface area contributed by atoms with Crippen LogP contribution in [-0.2, 0) is 9.84 Å². The molecule has 0 aliphatic carbocycles. The summed E-state index contributed by atoms with van der Waals surface area (Å²) in [7, 11) is -3.92. The van der Waals surface area contributed by atoms with Crippen molar-refractivity contribution < 1.29 is 18.6 Å². The van der Waals surface area contributed by atoms with Gasteiger partial charge in [0.2, 0.25) is 9.84 Å². The second kappa shape index (κ2) is 5.07. The fourth-order valence-corrected chi connectivity index (χ4v) is 4.55. The fourth-order valence-electron chi connectivity index (χ4n) is 2.44. The van der Waals surface area contributed by atoms with E-state index in [-0.39, 0.29) is 26.9 Å². The zero-order valence-corrected chi connectivity index (χ0v) is 13.2. The summed E-state index contributed by atoms with van der Waals surface area (Å²) in [5.74, 6) is -0.318. The van der Waals surface area contributed by atoms with Crippen LogP contribution >= 0.6 is 0 Å². The van der Waals surface area contributed by atoms with Gasteiger partial charge >= 0.3 is 0 Å². The maximum atomic E-state index is 13.0. The van der Waals surface area contributed by atoms with Gasteiger partial charge in [-0.3, -0.25) is 0 Å². The molecule has 2 aromatic rings. The molecule has 0 saturated carbocycles. The summed E-state index contributed by atoms with van der Waals surface area (Å²) in [6.07, 6.45) is 0. The SMILES string of the molecule is Cc1ccc(C)c(S(=O)(=O)c2c(C)ccc(O)c2C)c1O. The highest BCUT2D eigenvalue weighted by molar-refractivity contribution is 7.91. The smallest absolute Gasteiger partial charge is 0.211 e. The number of phenols is 2. The van der Waals surface area contributed by atoms with Crippen LogP contribution in [0.3, 0.4) is 0 Å². The third kappa shape index (κ3) is 2.38. The van der Waals surface area contributed by atoms with Crippen molar-refractivity contribution in [2.24, 2.45) is 0 Å². The van der Waals surface area contributed by atoms with Crippen molar-refractivity contribution in [3.05, 3.63) is 46.5 Å². The molecule has 2 aromatic carbocycles. The van der Waals surface area contributed by atoms with E-state index in [0.29, 0.717) is 16.7 Å². The minimum Gasteiger partial charge on any atom is -0.508 e. The standard InChI is InChI=1S/C16H18O4S/c1-9-5-6-11(3)16(14(9)18)21(19,20)15-10(2)7-8-13(17)12(15)4/h5-8,17-18H,1-4H3. The monoisotopic (exact) mass is 306 g/mol. The molecular weight excluding hydrogens is 288 g/mol. The number of aromatic hydroxyl groups is 2. The van der Waals surface area contributed by atoms with Crippen LogP contribution in [0.15, 0.2) is 34.1 Å². The summed E-state index contributed by atoms with van der Waals surface area (Å²) >= 11 is 0. The van der Waals surface area contributed by atoms with E-state index >= 15 is 0 Å². The van der Waals surface area contributed by atoms with Crippen LogP contribution in [0.4, 0.5) is 0 Å². The molecule has 0 bridgehead atoms. The number of sulfone groups is 1. The Bertz CT molecular complexity index is 757. The molecule has 0 aliphatic rings. The van der Waals surface area contributed by atoms with Crippen LogP contribution < -0.4 is 0 Å². The maximum absolute atomic E-state index is 13.0. The summed E-state index contributed by atoms with van der Waals surface area (Å²) in [5, 5.41) is 20.0. The van der Waals surface area contributed by atoms with Gasteiger partial charge in [0.05, 0.1) is 4.90 Å². The van der Waals surface area contributed by atoms with Crippen molar-refractivity contribution in [1.29, 1.82) is 0 Å². The van der Waals surface area contributed by atoms with Crippen molar-refractivity contribution >= 4 is 9.84 Å². The molecule has 21 heavy (non-hydrogen) atoms. The summed E-state index contributed by atoms with van der Waals surface area (Å²) in [6, 6.07) is 6.35. The molecule has 5 heteroatoms. The number of aryl methyl sites for hydroxylation is 3. The Morgan fingerprint density at radius 2 is 1.24 bits per heavy atom. The number of hydrogen-bond donors (Lipinski definition) is 2. The lowest BCUT2D eigenvalue weighted by molar-refractivity contribution is 0.452. The predicted octanol–water partition coefficient (Wildman–Crippen LogP) is 3.16. The van der Waals surface area contributed by atoms with Crippen LogP contribution in [0.1, 0.15) is 22.3 Å². The van der Waals surface area contributed by atoms with Gasteiger partial charge in [-0.05, 0) is 50.5 Å². The van der Waals surface area contributed by atoms with E-state index in [1.807, 2.05) is 0 Å². The lowest BCUT2D eigenvalue weighted by Crippen LogP contribution is -2.09. The van der Waals surface area contributed by atoms with Gasteiger partial charge in [-0.15, -0.1) is 0 Å². The van der Waals surface area contributed by atoms with E-state index < -0.39 is 9.84 Å². The van der Waals surface area contributed by atoms with E-state index in [4.69, 9.17) is 0 Å². The first-order valence-electron chi connectivity index (χ1n) is 6.51. The summed E-state index contributed by atoms with van der Waals surface area (Å²) < 4.78 is 25.9. The van der Waals surface area contributed by atoms with Gasteiger partial charge in [-0.1, -0.05) is 18.2 Å². The molecule has 0 saturated heterocycles. The number of phenolic OH excluding ortho intramolecular Hbond substituents is 2. The first-order valence-corrected chi connectivity index (χ1v) is 7.99. The number of benzene rings is 2. The van der Waals surface area contributed by atoms with Crippen molar-refractivity contribution in [1.82, 2.24) is 0 Å². The molecule has 0 atom stereocenters. The van der Waals surface area contributed by atoms with E-state index in [1.54, 1.807) is 45.9 Å². The van der Waals surface area contributed by atoms with Gasteiger partial charge in [-0.2, -0.15) is 0 Å². The van der Waals surface area contributed by atoms with Gasteiger partial charge in [0.25, 0.3) is 0 Å². The molecule has 0 radical (unpaired) electrons. The molecule has 2 N–H and O–H groups in total. The highest BCUT2D eigenvalue weighted by Gasteiger charge is 2.28. The van der Waals surface area contributed by atoms with E-state index in [1.165, 1.54) is 6.07 Å². The van der Waals surface area contributed by atoms with Gasteiger partial charge in [-0.25, -0.2) is 8.42 Å². The second-order valence-electron chi connectivity index (χ2n) is 5.24. The molecule has 0 unspecified atom stereocenters. The number of rotatable bonds is 2. The highest BCUT2D eigenvalue weighted by Crippen LogP contribution is 2.38. The maximum Gasteiger partial charge on any atom is 0.211 e. The zero-order valence-electron chi connectivity index (χ0n) is 12.4.